The minimum absolute atomic E-state index is 0.0204. The maximum Gasteiger partial charge on any atom is 0.254 e. The zero-order chi connectivity index (χ0) is 30.7. The molecule has 0 fully saturated rings. The van der Waals surface area contributed by atoms with Crippen LogP contribution in [0.25, 0.3) is 0 Å². The highest BCUT2D eigenvalue weighted by Gasteiger charge is 2.42. The van der Waals surface area contributed by atoms with E-state index in [0.717, 1.165) is 16.8 Å². The number of rotatable bonds is 9. The van der Waals surface area contributed by atoms with E-state index in [1.807, 2.05) is 75.4 Å². The molecule has 1 aliphatic heterocycles. The van der Waals surface area contributed by atoms with Gasteiger partial charge in [0, 0.05) is 34.5 Å². The number of dihydropyridines is 1. The number of ketones is 1. The lowest BCUT2D eigenvalue weighted by Crippen LogP contribution is -2.37. The van der Waals surface area contributed by atoms with Gasteiger partial charge in [0.25, 0.3) is 5.91 Å². The third kappa shape index (κ3) is 5.95. The summed E-state index contributed by atoms with van der Waals surface area (Å²) in [6.45, 7) is 5.80. The summed E-state index contributed by atoms with van der Waals surface area (Å²) in [6.07, 6.45) is 0.794. The van der Waals surface area contributed by atoms with Crippen LogP contribution in [0.3, 0.4) is 0 Å². The Morgan fingerprint density at radius 3 is 2.23 bits per heavy atom. The standard InChI is InChI=1S/C35H38N2O6/c1-20(2)43-28-13-9-7-11-24(28)33-32(35(39)37-25-12-8-10-14-29(25)40-4)21(3)36-26-17-23(18-27(38)34(26)33)22-15-16-30(41-5)31(19-22)42-6/h7-16,19-20,23,33,36H,17-18H2,1-6H3,(H,37,39). The van der Waals surface area contributed by atoms with E-state index in [4.69, 9.17) is 18.9 Å². The van der Waals surface area contributed by atoms with Crippen molar-refractivity contribution in [1.29, 1.82) is 0 Å². The van der Waals surface area contributed by atoms with Gasteiger partial charge in [-0.15, -0.1) is 0 Å². The number of allylic oxidation sites excluding steroid dienone is 3. The van der Waals surface area contributed by atoms with E-state index in [2.05, 4.69) is 10.6 Å². The normalized spacial score (nSPS) is 18.2. The molecule has 0 bridgehead atoms. The van der Waals surface area contributed by atoms with Gasteiger partial charge in [-0.25, -0.2) is 0 Å². The molecule has 0 spiro atoms. The molecule has 8 nitrogen and oxygen atoms in total. The third-order valence-electron chi connectivity index (χ3n) is 7.90. The minimum Gasteiger partial charge on any atom is -0.495 e. The molecule has 3 aromatic carbocycles. The van der Waals surface area contributed by atoms with Crippen molar-refractivity contribution in [2.75, 3.05) is 26.6 Å². The van der Waals surface area contributed by atoms with Crippen LogP contribution in [0, 0.1) is 0 Å². The Kier molecular flexibility index (Phi) is 8.76. The van der Waals surface area contributed by atoms with Crippen LogP contribution in [0.1, 0.15) is 56.6 Å². The first kappa shape index (κ1) is 29.8. The van der Waals surface area contributed by atoms with Crippen LogP contribution in [0.5, 0.6) is 23.0 Å². The fraction of sp³-hybridized carbons (Fsp3) is 0.314. The molecule has 0 saturated heterocycles. The smallest absolute Gasteiger partial charge is 0.254 e. The number of Topliss-reactive ketones (excluding diaryl/α,β-unsaturated/α-hetero) is 1. The number of hydrogen-bond acceptors (Lipinski definition) is 7. The zero-order valence-corrected chi connectivity index (χ0v) is 25.4. The average molecular weight is 583 g/mol. The summed E-state index contributed by atoms with van der Waals surface area (Å²) < 4.78 is 22.6. The molecule has 2 aliphatic rings. The number of para-hydroxylation sites is 3. The van der Waals surface area contributed by atoms with E-state index in [1.165, 1.54) is 0 Å². The van der Waals surface area contributed by atoms with Crippen LogP contribution in [0.15, 0.2) is 89.3 Å². The lowest BCUT2D eigenvalue weighted by atomic mass is 9.71. The van der Waals surface area contributed by atoms with Gasteiger partial charge in [-0.05, 0) is 69.0 Å². The number of carbonyl (C=O) groups excluding carboxylic acids is 2. The molecular formula is C35H38N2O6. The van der Waals surface area contributed by atoms with Gasteiger partial charge >= 0.3 is 0 Å². The largest absolute Gasteiger partial charge is 0.495 e. The van der Waals surface area contributed by atoms with E-state index in [0.29, 0.717) is 58.4 Å². The summed E-state index contributed by atoms with van der Waals surface area (Å²) in [5, 5.41) is 6.48. The average Bonchev–Trinajstić information content (AvgIpc) is 3.00. The lowest BCUT2D eigenvalue weighted by molar-refractivity contribution is -0.116. The summed E-state index contributed by atoms with van der Waals surface area (Å²) in [4.78, 5) is 28.3. The fourth-order valence-corrected chi connectivity index (χ4v) is 6.01. The molecule has 0 aromatic heterocycles. The molecule has 43 heavy (non-hydrogen) atoms. The van der Waals surface area contributed by atoms with Crippen molar-refractivity contribution >= 4 is 17.4 Å². The molecule has 2 N–H and O–H groups in total. The Balaban J connectivity index is 1.60. The number of amides is 1. The Labute approximate surface area is 252 Å². The van der Waals surface area contributed by atoms with Gasteiger partial charge in [0.1, 0.15) is 11.5 Å². The summed E-state index contributed by atoms with van der Waals surface area (Å²) in [5.74, 6) is 1.40. The van der Waals surface area contributed by atoms with Gasteiger partial charge in [-0.2, -0.15) is 0 Å². The van der Waals surface area contributed by atoms with Gasteiger partial charge < -0.3 is 29.6 Å². The van der Waals surface area contributed by atoms with Gasteiger partial charge in [0.05, 0.1) is 39.0 Å². The lowest BCUT2D eigenvalue weighted by Gasteiger charge is -2.37. The van der Waals surface area contributed by atoms with Crippen molar-refractivity contribution < 1.29 is 28.5 Å². The highest BCUT2D eigenvalue weighted by atomic mass is 16.5. The number of anilines is 1. The van der Waals surface area contributed by atoms with Gasteiger partial charge in [0.15, 0.2) is 17.3 Å². The number of nitrogens with one attached hydrogen (secondary N) is 2. The molecule has 5 rings (SSSR count). The second-order valence-corrected chi connectivity index (χ2v) is 11.0. The summed E-state index contributed by atoms with van der Waals surface area (Å²) in [7, 11) is 4.76. The first-order chi connectivity index (χ1) is 20.7. The fourth-order valence-electron chi connectivity index (χ4n) is 6.01. The zero-order valence-electron chi connectivity index (χ0n) is 25.4. The third-order valence-corrected chi connectivity index (χ3v) is 7.90. The van der Waals surface area contributed by atoms with Crippen LogP contribution in [-0.2, 0) is 9.59 Å². The van der Waals surface area contributed by atoms with Crippen molar-refractivity contribution in [3.63, 3.8) is 0 Å². The summed E-state index contributed by atoms with van der Waals surface area (Å²) >= 11 is 0. The summed E-state index contributed by atoms with van der Waals surface area (Å²) in [5.41, 5.74) is 4.84. The maximum atomic E-state index is 14.2. The SMILES string of the molecule is COc1ccccc1NC(=O)C1=C(C)NC2=C(C(=O)CC(c3ccc(OC)c(OC)c3)C2)C1c1ccccc1OC(C)C. The van der Waals surface area contributed by atoms with Crippen LogP contribution < -0.4 is 29.6 Å². The number of ether oxygens (including phenoxy) is 4. The predicted octanol–water partition coefficient (Wildman–Crippen LogP) is 6.50. The Morgan fingerprint density at radius 2 is 1.53 bits per heavy atom. The molecule has 0 saturated carbocycles. The van der Waals surface area contributed by atoms with E-state index >= 15 is 0 Å². The van der Waals surface area contributed by atoms with Crippen molar-refractivity contribution in [2.45, 2.75) is 51.6 Å². The molecule has 1 amide bonds. The number of methoxy groups -OCH3 is 3. The van der Waals surface area contributed by atoms with Gasteiger partial charge in [-0.3, -0.25) is 9.59 Å². The number of benzene rings is 3. The second kappa shape index (κ2) is 12.7. The Hall–Kier alpha value is -4.72. The van der Waals surface area contributed by atoms with Crippen molar-refractivity contribution in [1.82, 2.24) is 5.32 Å². The molecule has 2 unspecified atom stereocenters. The monoisotopic (exact) mass is 582 g/mol. The van der Waals surface area contributed by atoms with E-state index in [9.17, 15) is 9.59 Å². The molecule has 1 aliphatic carbocycles. The predicted molar refractivity (Wildman–Crippen MR) is 166 cm³/mol. The van der Waals surface area contributed by atoms with Gasteiger partial charge in [0.2, 0.25) is 0 Å². The first-order valence-corrected chi connectivity index (χ1v) is 14.4. The van der Waals surface area contributed by atoms with E-state index in [1.54, 1.807) is 33.5 Å². The van der Waals surface area contributed by atoms with Crippen LogP contribution in [-0.4, -0.2) is 39.1 Å². The number of carbonyl (C=O) groups is 2. The molecule has 8 heteroatoms. The molecule has 3 aromatic rings. The summed E-state index contributed by atoms with van der Waals surface area (Å²) in [6, 6.07) is 20.7. The van der Waals surface area contributed by atoms with Crippen molar-refractivity contribution in [2.24, 2.45) is 0 Å². The van der Waals surface area contributed by atoms with Crippen molar-refractivity contribution in [3.8, 4) is 23.0 Å². The van der Waals surface area contributed by atoms with Crippen LogP contribution in [0.2, 0.25) is 0 Å². The topological polar surface area (TPSA) is 95.1 Å². The molecule has 0 radical (unpaired) electrons. The van der Waals surface area contributed by atoms with E-state index in [-0.39, 0.29) is 23.7 Å². The highest BCUT2D eigenvalue weighted by Crippen LogP contribution is 2.48. The first-order valence-electron chi connectivity index (χ1n) is 14.4. The Morgan fingerprint density at radius 1 is 0.860 bits per heavy atom. The van der Waals surface area contributed by atoms with E-state index < -0.39 is 5.92 Å². The molecule has 2 atom stereocenters. The number of hydrogen-bond donors (Lipinski definition) is 2. The molecular weight excluding hydrogens is 544 g/mol. The minimum atomic E-state index is -0.625. The quantitative estimate of drug-likeness (QED) is 0.297. The molecule has 224 valence electrons. The van der Waals surface area contributed by atoms with Gasteiger partial charge in [-0.1, -0.05) is 36.4 Å². The van der Waals surface area contributed by atoms with Crippen LogP contribution in [0.4, 0.5) is 5.69 Å². The molecule has 1 heterocycles. The maximum absolute atomic E-state index is 14.2. The van der Waals surface area contributed by atoms with Crippen LogP contribution >= 0.6 is 0 Å². The second-order valence-electron chi connectivity index (χ2n) is 11.0. The highest BCUT2D eigenvalue weighted by molar-refractivity contribution is 6.10. The Bertz CT molecular complexity index is 1610. The van der Waals surface area contributed by atoms with Crippen molar-refractivity contribution in [3.05, 3.63) is 100 Å².